The van der Waals surface area contributed by atoms with Crippen LogP contribution in [0.15, 0.2) is 50.9 Å². The molecular weight excluding hydrogens is 424 g/mol. The zero-order chi connectivity index (χ0) is 23.7. The summed E-state index contributed by atoms with van der Waals surface area (Å²) >= 11 is 0. The molecule has 0 saturated heterocycles. The Morgan fingerprint density at radius 2 is 1.70 bits per heavy atom. The number of carbonyl (C=O) groups is 1. The predicted octanol–water partition coefficient (Wildman–Crippen LogP) is 1.78. The first-order valence-electron chi connectivity index (χ1n) is 10.7. The first-order chi connectivity index (χ1) is 15.8. The van der Waals surface area contributed by atoms with Gasteiger partial charge in [-0.15, -0.1) is 0 Å². The molecule has 170 valence electrons. The number of nitrogens with one attached hydrogen (secondary N) is 1. The Hall–Kier alpha value is -4.08. The zero-order valence-electron chi connectivity index (χ0n) is 18.7. The van der Waals surface area contributed by atoms with Gasteiger partial charge in [0, 0.05) is 26.0 Å². The van der Waals surface area contributed by atoms with Gasteiger partial charge in [0.1, 0.15) is 5.65 Å². The third kappa shape index (κ3) is 3.95. The van der Waals surface area contributed by atoms with Crippen LogP contribution in [-0.2, 0) is 20.6 Å². The molecular formula is C23H24N6O4. The van der Waals surface area contributed by atoms with Crippen molar-refractivity contribution >= 4 is 33.4 Å². The van der Waals surface area contributed by atoms with E-state index in [1.807, 2.05) is 0 Å². The van der Waals surface area contributed by atoms with Crippen LogP contribution in [0.5, 0.6) is 0 Å². The molecule has 0 radical (unpaired) electrons. The van der Waals surface area contributed by atoms with Crippen LogP contribution in [-0.4, -0.2) is 29.8 Å². The van der Waals surface area contributed by atoms with Crippen molar-refractivity contribution in [1.29, 1.82) is 0 Å². The molecule has 10 nitrogen and oxygen atoms in total. The van der Waals surface area contributed by atoms with E-state index in [1.54, 1.807) is 24.3 Å². The minimum Gasteiger partial charge on any atom is -0.319 e. The summed E-state index contributed by atoms with van der Waals surface area (Å²) in [5.74, 6) is -0.529. The molecule has 0 aliphatic carbocycles. The molecule has 0 bridgehead atoms. The highest BCUT2D eigenvalue weighted by Crippen LogP contribution is 2.17. The maximum Gasteiger partial charge on any atom is 0.332 e. The normalized spacial score (nSPS) is 11.2. The SMILES string of the molecule is CCCCCn1nc(C(=O)Nc2cnc3c(c2)c(=O)n(C)c(=O)n3C)c2ccccc2c1=O. The molecule has 3 aromatic heterocycles. The highest BCUT2D eigenvalue weighted by molar-refractivity contribution is 6.11. The molecule has 0 fully saturated rings. The van der Waals surface area contributed by atoms with E-state index in [0.717, 1.165) is 23.8 Å². The second-order valence-corrected chi connectivity index (χ2v) is 7.88. The van der Waals surface area contributed by atoms with Crippen molar-refractivity contribution < 1.29 is 4.79 Å². The van der Waals surface area contributed by atoms with Gasteiger partial charge in [-0.3, -0.25) is 23.5 Å². The molecule has 1 N–H and O–H groups in total. The van der Waals surface area contributed by atoms with Gasteiger partial charge in [0.25, 0.3) is 17.0 Å². The van der Waals surface area contributed by atoms with Crippen LogP contribution in [0, 0.1) is 0 Å². The van der Waals surface area contributed by atoms with Crippen molar-refractivity contribution in [3.05, 3.63) is 73.4 Å². The van der Waals surface area contributed by atoms with Crippen molar-refractivity contribution in [3.63, 3.8) is 0 Å². The van der Waals surface area contributed by atoms with Crippen molar-refractivity contribution in [2.24, 2.45) is 14.1 Å². The number of benzene rings is 1. The van der Waals surface area contributed by atoms with Crippen LogP contribution in [0.4, 0.5) is 5.69 Å². The van der Waals surface area contributed by atoms with Crippen molar-refractivity contribution in [2.75, 3.05) is 5.32 Å². The highest BCUT2D eigenvalue weighted by Gasteiger charge is 2.18. The average molecular weight is 448 g/mol. The van der Waals surface area contributed by atoms with Gasteiger partial charge in [-0.2, -0.15) is 5.10 Å². The Labute approximate surface area is 188 Å². The molecule has 1 amide bonds. The van der Waals surface area contributed by atoms with Gasteiger partial charge in [-0.05, 0) is 18.6 Å². The molecule has 10 heteroatoms. The van der Waals surface area contributed by atoms with Crippen LogP contribution in [0.2, 0.25) is 0 Å². The quantitative estimate of drug-likeness (QED) is 0.449. The van der Waals surface area contributed by atoms with Crippen molar-refractivity contribution in [1.82, 2.24) is 23.9 Å². The van der Waals surface area contributed by atoms with Gasteiger partial charge in [0.05, 0.1) is 22.7 Å². The molecule has 0 unspecified atom stereocenters. The van der Waals surface area contributed by atoms with E-state index < -0.39 is 17.2 Å². The topological polar surface area (TPSA) is 121 Å². The number of carbonyl (C=O) groups excluding carboxylic acids is 1. The summed E-state index contributed by atoms with van der Waals surface area (Å²) in [6.07, 6.45) is 4.09. The summed E-state index contributed by atoms with van der Waals surface area (Å²) in [5, 5.41) is 8.12. The molecule has 33 heavy (non-hydrogen) atoms. The number of aromatic nitrogens is 5. The smallest absolute Gasteiger partial charge is 0.319 e. The summed E-state index contributed by atoms with van der Waals surface area (Å²) in [6.45, 7) is 2.48. The maximum absolute atomic E-state index is 13.2. The Balaban J connectivity index is 1.77. The number of amides is 1. The fourth-order valence-electron chi connectivity index (χ4n) is 3.79. The van der Waals surface area contributed by atoms with Gasteiger partial charge in [-0.1, -0.05) is 38.0 Å². The second kappa shape index (κ2) is 8.81. The standard InChI is InChI=1S/C23H24N6O4/c1-4-5-8-11-29-22(32)16-10-7-6-9-15(16)18(26-29)20(30)25-14-12-17-19(24-13-14)27(2)23(33)28(3)21(17)31/h6-7,9-10,12-13H,4-5,8,11H2,1-3H3,(H,25,30). The number of rotatable bonds is 6. The Bertz CT molecular complexity index is 1560. The van der Waals surface area contributed by atoms with E-state index in [4.69, 9.17) is 0 Å². The number of hydrogen-bond donors (Lipinski definition) is 1. The van der Waals surface area contributed by atoms with E-state index in [0.29, 0.717) is 17.3 Å². The van der Waals surface area contributed by atoms with Crippen LogP contribution in [0.3, 0.4) is 0 Å². The van der Waals surface area contributed by atoms with Gasteiger partial charge in [0.15, 0.2) is 5.69 Å². The molecule has 0 atom stereocenters. The summed E-state index contributed by atoms with van der Waals surface area (Å²) in [6, 6.07) is 8.31. The van der Waals surface area contributed by atoms with Gasteiger partial charge in [-0.25, -0.2) is 14.5 Å². The van der Waals surface area contributed by atoms with Crippen LogP contribution in [0.1, 0.15) is 36.7 Å². The lowest BCUT2D eigenvalue weighted by atomic mass is 10.1. The number of pyridine rings is 1. The number of fused-ring (bicyclic) bond motifs is 2. The Kier molecular flexibility index (Phi) is 5.91. The number of anilines is 1. The first kappa shape index (κ1) is 22.1. The molecule has 4 aromatic rings. The Morgan fingerprint density at radius 1 is 0.970 bits per heavy atom. The number of hydrogen-bond acceptors (Lipinski definition) is 6. The van der Waals surface area contributed by atoms with E-state index in [2.05, 4.69) is 22.3 Å². The van der Waals surface area contributed by atoms with Gasteiger partial charge < -0.3 is 5.32 Å². The highest BCUT2D eigenvalue weighted by atomic mass is 16.2. The molecule has 1 aromatic carbocycles. The van der Waals surface area contributed by atoms with E-state index in [1.165, 1.54) is 35.6 Å². The van der Waals surface area contributed by atoms with Gasteiger partial charge >= 0.3 is 5.69 Å². The number of nitrogens with zero attached hydrogens (tertiary/aromatic N) is 5. The lowest BCUT2D eigenvalue weighted by Gasteiger charge is -2.12. The molecule has 0 aliphatic heterocycles. The average Bonchev–Trinajstić information content (AvgIpc) is 2.83. The third-order valence-electron chi connectivity index (χ3n) is 5.61. The number of aryl methyl sites for hydroxylation is 2. The third-order valence-corrected chi connectivity index (χ3v) is 5.61. The predicted molar refractivity (Wildman–Crippen MR) is 126 cm³/mol. The monoisotopic (exact) mass is 448 g/mol. The second-order valence-electron chi connectivity index (χ2n) is 7.88. The fraction of sp³-hybridized carbons (Fsp3) is 0.304. The Morgan fingerprint density at radius 3 is 2.42 bits per heavy atom. The summed E-state index contributed by atoms with van der Waals surface area (Å²) < 4.78 is 3.58. The molecule has 0 saturated carbocycles. The molecule has 3 heterocycles. The van der Waals surface area contributed by atoms with E-state index >= 15 is 0 Å². The summed E-state index contributed by atoms with van der Waals surface area (Å²) in [7, 11) is 2.90. The maximum atomic E-state index is 13.2. The lowest BCUT2D eigenvalue weighted by Crippen LogP contribution is -2.37. The van der Waals surface area contributed by atoms with Gasteiger partial charge in [0.2, 0.25) is 0 Å². The van der Waals surface area contributed by atoms with Crippen LogP contribution in [0.25, 0.3) is 21.8 Å². The van der Waals surface area contributed by atoms with Crippen molar-refractivity contribution in [3.8, 4) is 0 Å². The lowest BCUT2D eigenvalue weighted by molar-refractivity contribution is 0.102. The largest absolute Gasteiger partial charge is 0.332 e. The van der Waals surface area contributed by atoms with Crippen LogP contribution < -0.4 is 22.1 Å². The minimum absolute atomic E-state index is 0.107. The zero-order valence-corrected chi connectivity index (χ0v) is 18.7. The fourth-order valence-corrected chi connectivity index (χ4v) is 3.79. The summed E-state index contributed by atoms with van der Waals surface area (Å²) in [5.41, 5.74) is -0.639. The minimum atomic E-state index is -0.529. The summed E-state index contributed by atoms with van der Waals surface area (Å²) in [4.78, 5) is 54.8. The molecule has 0 aliphatic rings. The van der Waals surface area contributed by atoms with E-state index in [-0.39, 0.29) is 28.0 Å². The van der Waals surface area contributed by atoms with E-state index in [9.17, 15) is 19.2 Å². The molecule has 4 rings (SSSR count). The van der Waals surface area contributed by atoms with Crippen molar-refractivity contribution in [2.45, 2.75) is 32.7 Å². The van der Waals surface area contributed by atoms with Crippen LogP contribution >= 0.6 is 0 Å². The first-order valence-corrected chi connectivity index (χ1v) is 10.7. The number of unbranched alkanes of at least 4 members (excludes halogenated alkanes) is 2. The molecule has 0 spiro atoms.